The van der Waals surface area contributed by atoms with E-state index in [4.69, 9.17) is 5.73 Å². The Labute approximate surface area is 107 Å². The Kier molecular flexibility index (Phi) is 5.35. The summed E-state index contributed by atoms with van der Waals surface area (Å²) >= 11 is 1.58. The van der Waals surface area contributed by atoms with Crippen LogP contribution in [0.2, 0.25) is 0 Å². The summed E-state index contributed by atoms with van der Waals surface area (Å²) in [6.07, 6.45) is 0. The van der Waals surface area contributed by atoms with Crippen molar-refractivity contribution in [2.45, 2.75) is 25.7 Å². The first-order chi connectivity index (χ1) is 8.08. The third-order valence-corrected chi connectivity index (χ3v) is 3.83. The van der Waals surface area contributed by atoms with Gasteiger partial charge < -0.3 is 10.6 Å². The number of benzene rings is 1. The summed E-state index contributed by atoms with van der Waals surface area (Å²) in [6, 6.07) is 5.78. The molecule has 3 nitrogen and oxygen atoms in total. The molecule has 0 unspecified atom stereocenters. The van der Waals surface area contributed by atoms with Crippen LogP contribution in [0.4, 0.5) is 5.69 Å². The molecule has 1 aromatic rings. The minimum Gasteiger partial charge on any atom is -0.399 e. The predicted octanol–water partition coefficient (Wildman–Crippen LogP) is 2.54. The zero-order valence-corrected chi connectivity index (χ0v) is 11.5. The van der Waals surface area contributed by atoms with Crippen LogP contribution in [-0.2, 0) is 4.79 Å². The second-order valence-corrected chi connectivity index (χ2v) is 4.90. The van der Waals surface area contributed by atoms with Crippen LogP contribution in [-0.4, -0.2) is 29.6 Å². The highest BCUT2D eigenvalue weighted by molar-refractivity contribution is 8.00. The predicted molar refractivity (Wildman–Crippen MR) is 74.2 cm³/mol. The Hall–Kier alpha value is -1.16. The van der Waals surface area contributed by atoms with Crippen molar-refractivity contribution in [3.8, 4) is 0 Å². The summed E-state index contributed by atoms with van der Waals surface area (Å²) in [5, 5.41) is 0. The van der Waals surface area contributed by atoms with E-state index in [1.165, 1.54) is 0 Å². The fourth-order valence-corrected chi connectivity index (χ4v) is 2.55. The van der Waals surface area contributed by atoms with Gasteiger partial charge in [0.2, 0.25) is 5.91 Å². The third-order valence-electron chi connectivity index (χ3n) is 2.67. The van der Waals surface area contributed by atoms with E-state index in [2.05, 4.69) is 0 Å². The number of aryl methyl sites for hydroxylation is 1. The van der Waals surface area contributed by atoms with Crippen LogP contribution in [0.5, 0.6) is 0 Å². The van der Waals surface area contributed by atoms with Crippen molar-refractivity contribution < 1.29 is 4.79 Å². The lowest BCUT2D eigenvalue weighted by Crippen LogP contribution is -2.31. The first-order valence-electron chi connectivity index (χ1n) is 5.85. The van der Waals surface area contributed by atoms with Crippen LogP contribution in [0.25, 0.3) is 0 Å². The molecule has 1 rings (SSSR count). The molecule has 1 amide bonds. The lowest BCUT2D eigenvalue weighted by Gasteiger charge is -2.18. The van der Waals surface area contributed by atoms with E-state index in [9.17, 15) is 4.79 Å². The fraction of sp³-hybridized carbons (Fsp3) is 0.462. The van der Waals surface area contributed by atoms with Gasteiger partial charge in [-0.2, -0.15) is 0 Å². The Morgan fingerprint density at radius 1 is 1.35 bits per heavy atom. The number of hydrogen-bond donors (Lipinski definition) is 1. The van der Waals surface area contributed by atoms with E-state index in [0.717, 1.165) is 29.2 Å². The Balaban J connectivity index is 2.58. The molecule has 0 saturated heterocycles. The van der Waals surface area contributed by atoms with Gasteiger partial charge in [-0.1, -0.05) is 0 Å². The highest BCUT2D eigenvalue weighted by Crippen LogP contribution is 2.24. The van der Waals surface area contributed by atoms with Crippen molar-refractivity contribution in [1.82, 2.24) is 4.90 Å². The quantitative estimate of drug-likeness (QED) is 0.647. The van der Waals surface area contributed by atoms with Gasteiger partial charge in [0.25, 0.3) is 0 Å². The highest BCUT2D eigenvalue weighted by Gasteiger charge is 2.10. The summed E-state index contributed by atoms with van der Waals surface area (Å²) < 4.78 is 0. The molecule has 2 N–H and O–H groups in total. The van der Waals surface area contributed by atoms with Crippen LogP contribution in [0.3, 0.4) is 0 Å². The number of nitrogens with zero attached hydrogens (tertiary/aromatic N) is 1. The summed E-state index contributed by atoms with van der Waals surface area (Å²) in [4.78, 5) is 14.8. The molecule has 94 valence electrons. The molecule has 0 bridgehead atoms. The number of carbonyl (C=O) groups excluding carboxylic acids is 1. The van der Waals surface area contributed by atoms with E-state index in [1.54, 1.807) is 11.8 Å². The van der Waals surface area contributed by atoms with Gasteiger partial charge in [0.15, 0.2) is 0 Å². The molecule has 0 radical (unpaired) electrons. The smallest absolute Gasteiger partial charge is 0.232 e. The average molecular weight is 252 g/mol. The average Bonchev–Trinajstić information content (AvgIpc) is 2.29. The SMILES string of the molecule is CCN(CC)C(=O)CSc1ccc(N)cc1C. The number of rotatable bonds is 5. The van der Waals surface area contributed by atoms with Gasteiger partial charge >= 0.3 is 0 Å². The highest BCUT2D eigenvalue weighted by atomic mass is 32.2. The fourth-order valence-electron chi connectivity index (χ4n) is 1.64. The molecule has 0 heterocycles. The number of thioether (sulfide) groups is 1. The van der Waals surface area contributed by atoms with Gasteiger partial charge in [0.1, 0.15) is 0 Å². The van der Waals surface area contributed by atoms with Crippen LogP contribution >= 0.6 is 11.8 Å². The second kappa shape index (κ2) is 6.55. The lowest BCUT2D eigenvalue weighted by atomic mass is 10.2. The molecule has 0 aliphatic rings. The molecular formula is C13H20N2OS. The van der Waals surface area contributed by atoms with E-state index < -0.39 is 0 Å². The molecule has 0 spiro atoms. The summed E-state index contributed by atoms with van der Waals surface area (Å²) in [7, 11) is 0. The van der Waals surface area contributed by atoms with E-state index in [0.29, 0.717) is 5.75 Å². The zero-order chi connectivity index (χ0) is 12.8. The first kappa shape index (κ1) is 13.9. The summed E-state index contributed by atoms with van der Waals surface area (Å²) in [6.45, 7) is 7.56. The number of nitrogens with two attached hydrogens (primary N) is 1. The van der Waals surface area contributed by atoms with Gasteiger partial charge in [0, 0.05) is 23.7 Å². The maximum atomic E-state index is 11.8. The van der Waals surface area contributed by atoms with Crippen molar-refractivity contribution in [2.24, 2.45) is 0 Å². The number of amides is 1. The number of carbonyl (C=O) groups is 1. The van der Waals surface area contributed by atoms with Gasteiger partial charge in [-0.25, -0.2) is 0 Å². The third kappa shape index (κ3) is 3.97. The van der Waals surface area contributed by atoms with Crippen molar-refractivity contribution >= 4 is 23.4 Å². The van der Waals surface area contributed by atoms with Crippen molar-refractivity contribution in [2.75, 3.05) is 24.6 Å². The Morgan fingerprint density at radius 3 is 2.53 bits per heavy atom. The van der Waals surface area contributed by atoms with E-state index in [1.807, 2.05) is 43.9 Å². The standard InChI is InChI=1S/C13H20N2OS/c1-4-15(5-2)13(16)9-17-12-7-6-11(14)8-10(12)3/h6-8H,4-5,9,14H2,1-3H3. The normalized spacial score (nSPS) is 10.3. The maximum Gasteiger partial charge on any atom is 0.232 e. The van der Waals surface area contributed by atoms with E-state index in [-0.39, 0.29) is 5.91 Å². The van der Waals surface area contributed by atoms with Gasteiger partial charge in [-0.05, 0) is 44.5 Å². The molecule has 0 aromatic heterocycles. The molecule has 0 saturated carbocycles. The second-order valence-electron chi connectivity index (χ2n) is 3.88. The minimum atomic E-state index is 0.191. The van der Waals surface area contributed by atoms with Crippen molar-refractivity contribution in [3.63, 3.8) is 0 Å². The Morgan fingerprint density at radius 2 is 2.00 bits per heavy atom. The molecule has 0 fully saturated rings. The molecule has 0 aliphatic carbocycles. The molecule has 0 aliphatic heterocycles. The molecule has 0 atom stereocenters. The minimum absolute atomic E-state index is 0.191. The van der Waals surface area contributed by atoms with Gasteiger partial charge in [0.05, 0.1) is 5.75 Å². The topological polar surface area (TPSA) is 46.3 Å². The molecule has 1 aromatic carbocycles. The zero-order valence-electron chi connectivity index (χ0n) is 10.7. The molecule has 4 heteroatoms. The van der Waals surface area contributed by atoms with E-state index >= 15 is 0 Å². The summed E-state index contributed by atoms with van der Waals surface area (Å²) in [5.41, 5.74) is 7.58. The lowest BCUT2D eigenvalue weighted by molar-refractivity contribution is -0.127. The monoisotopic (exact) mass is 252 g/mol. The van der Waals surface area contributed by atoms with Gasteiger partial charge in [-0.15, -0.1) is 11.8 Å². The largest absolute Gasteiger partial charge is 0.399 e. The van der Waals surface area contributed by atoms with Crippen LogP contribution in [0.1, 0.15) is 19.4 Å². The number of anilines is 1. The van der Waals surface area contributed by atoms with Crippen LogP contribution in [0.15, 0.2) is 23.1 Å². The van der Waals surface area contributed by atoms with Crippen molar-refractivity contribution in [3.05, 3.63) is 23.8 Å². The maximum absolute atomic E-state index is 11.8. The number of nitrogen functional groups attached to an aromatic ring is 1. The van der Waals surface area contributed by atoms with Crippen molar-refractivity contribution in [1.29, 1.82) is 0 Å². The molecule has 17 heavy (non-hydrogen) atoms. The number of hydrogen-bond acceptors (Lipinski definition) is 3. The van der Waals surface area contributed by atoms with Gasteiger partial charge in [-0.3, -0.25) is 4.79 Å². The first-order valence-corrected chi connectivity index (χ1v) is 6.83. The van der Waals surface area contributed by atoms with Crippen LogP contribution < -0.4 is 5.73 Å². The van der Waals surface area contributed by atoms with Crippen LogP contribution in [0, 0.1) is 6.92 Å². The summed E-state index contributed by atoms with van der Waals surface area (Å²) in [5.74, 6) is 0.683. The Bertz CT molecular complexity index is 389. The molecular weight excluding hydrogens is 232 g/mol.